The summed E-state index contributed by atoms with van der Waals surface area (Å²) >= 11 is 0. The highest BCUT2D eigenvalue weighted by Crippen LogP contribution is 2.33. The predicted molar refractivity (Wildman–Crippen MR) is 68.2 cm³/mol. The first-order valence-electron chi connectivity index (χ1n) is 5.94. The number of carboxylic acids is 1. The Morgan fingerprint density at radius 2 is 1.62 bits per heavy atom. The van der Waals surface area contributed by atoms with E-state index in [2.05, 4.69) is 0 Å². The van der Waals surface area contributed by atoms with Gasteiger partial charge in [0, 0.05) is 0 Å². The molecule has 2 aromatic carbocycles. The lowest BCUT2D eigenvalue weighted by molar-refractivity contribution is -0.138. The molecule has 0 fully saturated rings. The third-order valence-electron chi connectivity index (χ3n) is 2.87. The van der Waals surface area contributed by atoms with Crippen LogP contribution in [0.5, 0.6) is 0 Å². The second-order valence-electron chi connectivity index (χ2n) is 4.49. The number of hydrogen-bond acceptors (Lipinski definition) is 1. The van der Waals surface area contributed by atoms with Crippen molar-refractivity contribution in [2.24, 2.45) is 0 Å². The highest BCUT2D eigenvalue weighted by molar-refractivity contribution is 5.71. The van der Waals surface area contributed by atoms with E-state index in [-0.39, 0.29) is 12.0 Å². The van der Waals surface area contributed by atoms with Crippen LogP contribution in [-0.2, 0) is 17.4 Å². The molecule has 0 heterocycles. The number of hydrogen-bond donors (Lipinski definition) is 1. The molecule has 0 aromatic heterocycles. The summed E-state index contributed by atoms with van der Waals surface area (Å²) in [7, 11) is 0. The minimum atomic E-state index is -4.62. The molecule has 2 aromatic rings. The van der Waals surface area contributed by atoms with Crippen LogP contribution in [0.3, 0.4) is 0 Å². The van der Waals surface area contributed by atoms with Crippen LogP contribution in [-0.4, -0.2) is 11.1 Å². The minimum Gasteiger partial charge on any atom is -0.481 e. The predicted octanol–water partition coefficient (Wildman–Crippen LogP) is 4.14. The Balaban J connectivity index is 2.38. The van der Waals surface area contributed by atoms with Gasteiger partial charge >= 0.3 is 12.1 Å². The Kier molecular flexibility index (Phi) is 3.97. The molecule has 21 heavy (non-hydrogen) atoms. The molecule has 0 saturated heterocycles. The van der Waals surface area contributed by atoms with Crippen LogP contribution >= 0.6 is 0 Å². The Morgan fingerprint density at radius 1 is 1.00 bits per heavy atom. The van der Waals surface area contributed by atoms with Crippen molar-refractivity contribution in [3.05, 3.63) is 59.4 Å². The van der Waals surface area contributed by atoms with Crippen molar-refractivity contribution >= 4 is 5.97 Å². The summed E-state index contributed by atoms with van der Waals surface area (Å²) in [5.41, 5.74) is -0.0795. The summed E-state index contributed by atoms with van der Waals surface area (Å²) in [6.07, 6.45) is -4.81. The minimum absolute atomic E-state index is 0.0872. The number of benzene rings is 2. The molecule has 0 amide bonds. The molecule has 2 nitrogen and oxygen atoms in total. The average Bonchev–Trinajstić information content (AvgIpc) is 2.37. The van der Waals surface area contributed by atoms with Crippen LogP contribution in [0.2, 0.25) is 0 Å². The third-order valence-corrected chi connectivity index (χ3v) is 2.87. The van der Waals surface area contributed by atoms with E-state index in [1.165, 1.54) is 24.3 Å². The van der Waals surface area contributed by atoms with Gasteiger partial charge in [0.05, 0.1) is 12.0 Å². The average molecular weight is 298 g/mol. The highest BCUT2D eigenvalue weighted by Gasteiger charge is 2.31. The van der Waals surface area contributed by atoms with Gasteiger partial charge in [0.25, 0.3) is 0 Å². The summed E-state index contributed by atoms with van der Waals surface area (Å²) in [5, 5.41) is 8.64. The van der Waals surface area contributed by atoms with Gasteiger partial charge in [0.2, 0.25) is 0 Å². The molecule has 0 radical (unpaired) electrons. The zero-order valence-electron chi connectivity index (χ0n) is 10.6. The van der Waals surface area contributed by atoms with E-state index in [4.69, 9.17) is 5.11 Å². The monoisotopic (exact) mass is 298 g/mol. The van der Waals surface area contributed by atoms with Crippen molar-refractivity contribution in [2.75, 3.05) is 0 Å². The smallest absolute Gasteiger partial charge is 0.416 e. The van der Waals surface area contributed by atoms with E-state index in [0.717, 1.165) is 12.1 Å². The van der Waals surface area contributed by atoms with Gasteiger partial charge in [-0.05, 0) is 34.9 Å². The Hall–Kier alpha value is -2.37. The number of carboxylic acid groups (broad SMARTS) is 1. The zero-order chi connectivity index (χ0) is 15.6. The van der Waals surface area contributed by atoms with Gasteiger partial charge in [-0.1, -0.05) is 24.3 Å². The van der Waals surface area contributed by atoms with Crippen LogP contribution < -0.4 is 0 Å². The Morgan fingerprint density at radius 3 is 2.14 bits per heavy atom. The number of carbonyl (C=O) groups is 1. The normalized spacial score (nSPS) is 11.4. The standard InChI is InChI=1S/C15H10F4O2/c16-13-7-11(6-12(8-13)15(17,18)19)10-3-1-9(2-4-10)5-14(20)21/h1-4,6-8H,5H2,(H,20,21). The van der Waals surface area contributed by atoms with Gasteiger partial charge in [-0.25, -0.2) is 4.39 Å². The SMILES string of the molecule is O=C(O)Cc1ccc(-c2cc(F)cc(C(F)(F)F)c2)cc1. The maximum atomic E-state index is 13.3. The molecule has 0 atom stereocenters. The van der Waals surface area contributed by atoms with E-state index >= 15 is 0 Å². The molecule has 0 aliphatic carbocycles. The number of halogens is 4. The van der Waals surface area contributed by atoms with Gasteiger partial charge in [-0.3, -0.25) is 4.79 Å². The molecule has 1 N–H and O–H groups in total. The first-order chi connectivity index (χ1) is 9.75. The molecule has 110 valence electrons. The fourth-order valence-corrected chi connectivity index (χ4v) is 1.91. The molecule has 0 aliphatic heterocycles. The maximum Gasteiger partial charge on any atom is 0.416 e. The van der Waals surface area contributed by atoms with Crippen LogP contribution in [0.1, 0.15) is 11.1 Å². The number of alkyl halides is 3. The summed E-state index contributed by atoms with van der Waals surface area (Å²) in [5.74, 6) is -1.98. The summed E-state index contributed by atoms with van der Waals surface area (Å²) < 4.78 is 51.2. The Labute approximate surface area is 117 Å². The van der Waals surface area contributed by atoms with E-state index in [1.54, 1.807) is 0 Å². The summed E-state index contributed by atoms with van der Waals surface area (Å²) in [6, 6.07) is 8.20. The first kappa shape index (κ1) is 15.0. The fourth-order valence-electron chi connectivity index (χ4n) is 1.91. The second-order valence-corrected chi connectivity index (χ2v) is 4.49. The molecule has 2 rings (SSSR count). The highest BCUT2D eigenvalue weighted by atomic mass is 19.4. The molecule has 6 heteroatoms. The Bertz CT molecular complexity index is 660. The van der Waals surface area contributed by atoms with E-state index in [0.29, 0.717) is 17.2 Å². The number of rotatable bonds is 3. The van der Waals surface area contributed by atoms with Crippen LogP contribution in [0, 0.1) is 5.82 Å². The van der Waals surface area contributed by atoms with Gasteiger partial charge in [-0.2, -0.15) is 13.2 Å². The van der Waals surface area contributed by atoms with Crippen molar-refractivity contribution in [1.82, 2.24) is 0 Å². The molecule has 0 aliphatic rings. The topological polar surface area (TPSA) is 37.3 Å². The quantitative estimate of drug-likeness (QED) is 0.865. The number of aliphatic carboxylic acids is 1. The first-order valence-corrected chi connectivity index (χ1v) is 5.94. The third kappa shape index (κ3) is 3.81. The lowest BCUT2D eigenvalue weighted by Crippen LogP contribution is -2.05. The summed E-state index contributed by atoms with van der Waals surface area (Å²) in [6.45, 7) is 0. The van der Waals surface area contributed by atoms with E-state index in [1.807, 2.05) is 0 Å². The van der Waals surface area contributed by atoms with Crippen LogP contribution in [0.25, 0.3) is 11.1 Å². The molecule has 0 spiro atoms. The van der Waals surface area contributed by atoms with Gasteiger partial charge < -0.3 is 5.11 Å². The van der Waals surface area contributed by atoms with Crippen molar-refractivity contribution in [2.45, 2.75) is 12.6 Å². The van der Waals surface area contributed by atoms with E-state index < -0.39 is 23.5 Å². The van der Waals surface area contributed by atoms with Crippen LogP contribution in [0.4, 0.5) is 17.6 Å². The second kappa shape index (κ2) is 5.55. The lowest BCUT2D eigenvalue weighted by atomic mass is 10.0. The van der Waals surface area contributed by atoms with E-state index in [9.17, 15) is 22.4 Å². The zero-order valence-corrected chi connectivity index (χ0v) is 10.6. The van der Waals surface area contributed by atoms with Crippen molar-refractivity contribution in [1.29, 1.82) is 0 Å². The van der Waals surface area contributed by atoms with Crippen LogP contribution in [0.15, 0.2) is 42.5 Å². The largest absolute Gasteiger partial charge is 0.481 e. The molecule has 0 saturated carbocycles. The lowest BCUT2D eigenvalue weighted by Gasteiger charge is -2.10. The molecular formula is C15H10F4O2. The fraction of sp³-hybridized carbons (Fsp3) is 0.133. The molecule has 0 bridgehead atoms. The van der Waals surface area contributed by atoms with Crippen molar-refractivity contribution in [3.63, 3.8) is 0 Å². The summed E-state index contributed by atoms with van der Waals surface area (Å²) in [4.78, 5) is 10.5. The van der Waals surface area contributed by atoms with Gasteiger partial charge in [0.1, 0.15) is 5.82 Å². The molecular weight excluding hydrogens is 288 g/mol. The van der Waals surface area contributed by atoms with Crippen molar-refractivity contribution in [3.8, 4) is 11.1 Å². The van der Waals surface area contributed by atoms with Crippen molar-refractivity contribution < 1.29 is 27.5 Å². The molecule has 0 unspecified atom stereocenters. The van der Waals surface area contributed by atoms with Gasteiger partial charge in [-0.15, -0.1) is 0 Å². The maximum absolute atomic E-state index is 13.3. The van der Waals surface area contributed by atoms with Gasteiger partial charge in [0.15, 0.2) is 0 Å².